The van der Waals surface area contributed by atoms with E-state index < -0.39 is 0 Å². The molecular formula is C48H32N2S. The summed E-state index contributed by atoms with van der Waals surface area (Å²) in [7, 11) is 0. The van der Waals surface area contributed by atoms with E-state index in [4.69, 9.17) is 0 Å². The summed E-state index contributed by atoms with van der Waals surface area (Å²) in [6, 6.07) is 60.2. The zero-order chi connectivity index (χ0) is 33.5. The number of para-hydroxylation sites is 2. The number of nitrogens with zero attached hydrogens (tertiary/aromatic N) is 2. The van der Waals surface area contributed by atoms with Crippen molar-refractivity contribution in [3.63, 3.8) is 0 Å². The van der Waals surface area contributed by atoms with Crippen LogP contribution in [-0.4, -0.2) is 9.13 Å². The van der Waals surface area contributed by atoms with Crippen LogP contribution in [0.5, 0.6) is 0 Å². The van der Waals surface area contributed by atoms with Crippen molar-refractivity contribution in [2.45, 2.75) is 12.8 Å². The highest BCUT2D eigenvalue weighted by molar-refractivity contribution is 7.19. The predicted octanol–water partition coefficient (Wildman–Crippen LogP) is 13.4. The van der Waals surface area contributed by atoms with Crippen LogP contribution in [0.1, 0.15) is 16.9 Å². The van der Waals surface area contributed by atoms with Gasteiger partial charge in [0, 0.05) is 47.9 Å². The second-order valence-corrected chi connectivity index (χ2v) is 14.8. The molecule has 0 N–H and O–H groups in total. The lowest BCUT2D eigenvalue weighted by Crippen LogP contribution is -2.03. The van der Waals surface area contributed by atoms with E-state index in [-0.39, 0.29) is 0 Å². The van der Waals surface area contributed by atoms with Crippen molar-refractivity contribution in [1.82, 2.24) is 9.13 Å². The number of aromatic nitrogens is 2. The maximum absolute atomic E-state index is 2.52. The zero-order valence-electron chi connectivity index (χ0n) is 27.9. The molecule has 0 radical (unpaired) electrons. The van der Waals surface area contributed by atoms with Gasteiger partial charge < -0.3 is 9.13 Å². The molecule has 7 aromatic carbocycles. The van der Waals surface area contributed by atoms with Crippen LogP contribution in [0.2, 0.25) is 0 Å². The average Bonchev–Trinajstić information content (AvgIpc) is 3.85. The number of hydrogen-bond donors (Lipinski definition) is 0. The van der Waals surface area contributed by atoms with Crippen LogP contribution in [0.15, 0.2) is 164 Å². The van der Waals surface area contributed by atoms with E-state index in [0.717, 1.165) is 12.8 Å². The normalized spacial score (nSPS) is 13.1. The van der Waals surface area contributed by atoms with Gasteiger partial charge in [0.25, 0.3) is 0 Å². The molecule has 240 valence electrons. The maximum atomic E-state index is 2.52. The van der Waals surface area contributed by atoms with Gasteiger partial charge in [0.1, 0.15) is 0 Å². The van der Waals surface area contributed by atoms with E-state index in [1.807, 2.05) is 11.3 Å². The lowest BCUT2D eigenvalue weighted by Gasteiger charge is -2.17. The largest absolute Gasteiger partial charge is 0.313 e. The van der Waals surface area contributed by atoms with Gasteiger partial charge in [-0.15, -0.1) is 11.3 Å². The van der Waals surface area contributed by atoms with Gasteiger partial charge in [-0.05, 0) is 101 Å². The average molecular weight is 669 g/mol. The lowest BCUT2D eigenvalue weighted by molar-refractivity contribution is 0.968. The highest BCUT2D eigenvalue weighted by atomic mass is 32.1. The first-order chi connectivity index (χ1) is 25.3. The number of thiophene rings is 1. The topological polar surface area (TPSA) is 9.86 Å². The summed E-state index contributed by atoms with van der Waals surface area (Å²) in [6.45, 7) is 0. The molecule has 0 atom stereocenters. The Balaban J connectivity index is 1.04. The van der Waals surface area contributed by atoms with E-state index in [1.54, 1.807) is 0 Å². The molecule has 10 aromatic rings. The van der Waals surface area contributed by atoms with Crippen LogP contribution < -0.4 is 0 Å². The standard InChI is InChI=1S/C48H32N2S/c1-2-10-31(11-3-1)32-18-22-35(23-19-32)49-43-15-7-4-12-37(43)40-28-33(20-25-45(40)49)34-21-26-46-41(29-34)38-13-5-8-16-44(38)50(46)36-24-27-48-42(30-36)39-14-6-9-17-47(39)51-48/h1-23,25-26,28-30H,24,27H2. The first-order valence-electron chi connectivity index (χ1n) is 17.7. The Hall–Kier alpha value is -6.16. The first kappa shape index (κ1) is 28.7. The fourth-order valence-corrected chi connectivity index (χ4v) is 9.63. The van der Waals surface area contributed by atoms with Gasteiger partial charge in [-0.3, -0.25) is 0 Å². The predicted molar refractivity (Wildman–Crippen MR) is 219 cm³/mol. The van der Waals surface area contributed by atoms with E-state index in [9.17, 15) is 0 Å². The van der Waals surface area contributed by atoms with Crippen molar-refractivity contribution in [2.75, 3.05) is 0 Å². The van der Waals surface area contributed by atoms with Gasteiger partial charge in [-0.25, -0.2) is 0 Å². The Kier molecular flexibility index (Phi) is 6.28. The minimum atomic E-state index is 1.03. The summed E-state index contributed by atoms with van der Waals surface area (Å²) < 4.78 is 6.30. The van der Waals surface area contributed by atoms with Crippen LogP contribution >= 0.6 is 11.3 Å². The van der Waals surface area contributed by atoms with Gasteiger partial charge in [-0.2, -0.15) is 0 Å². The van der Waals surface area contributed by atoms with Gasteiger partial charge in [-0.1, -0.05) is 109 Å². The number of aryl methyl sites for hydroxylation is 1. The molecule has 0 aliphatic heterocycles. The van der Waals surface area contributed by atoms with Crippen molar-refractivity contribution < 1.29 is 0 Å². The smallest absolute Gasteiger partial charge is 0.0541 e. The Morgan fingerprint density at radius 2 is 0.922 bits per heavy atom. The van der Waals surface area contributed by atoms with Crippen LogP contribution in [-0.2, 0) is 6.42 Å². The van der Waals surface area contributed by atoms with Gasteiger partial charge in [0.2, 0.25) is 0 Å². The van der Waals surface area contributed by atoms with Gasteiger partial charge in [0.15, 0.2) is 0 Å². The molecule has 11 rings (SSSR count). The minimum Gasteiger partial charge on any atom is -0.313 e. The van der Waals surface area contributed by atoms with Crippen molar-refractivity contribution >= 4 is 76.8 Å². The fourth-order valence-electron chi connectivity index (χ4n) is 8.44. The summed E-state index contributed by atoms with van der Waals surface area (Å²) in [6.07, 6.45) is 4.57. The number of allylic oxidation sites excluding steroid dienone is 1. The van der Waals surface area contributed by atoms with Gasteiger partial charge in [0.05, 0.1) is 22.1 Å². The molecule has 0 spiro atoms. The lowest BCUT2D eigenvalue weighted by atomic mass is 9.99. The highest BCUT2D eigenvalue weighted by Gasteiger charge is 2.21. The first-order valence-corrected chi connectivity index (χ1v) is 18.5. The molecule has 1 aliphatic carbocycles. The number of benzene rings is 7. The van der Waals surface area contributed by atoms with Crippen molar-refractivity contribution in [1.29, 1.82) is 0 Å². The molecule has 0 fully saturated rings. The molecule has 0 saturated heterocycles. The summed E-state index contributed by atoms with van der Waals surface area (Å²) in [4.78, 5) is 1.50. The third kappa shape index (κ3) is 4.42. The third-order valence-electron chi connectivity index (χ3n) is 10.8. The second kappa shape index (κ2) is 11.2. The molecule has 0 bridgehead atoms. The molecule has 51 heavy (non-hydrogen) atoms. The molecule has 0 saturated carbocycles. The quantitative estimate of drug-likeness (QED) is 0.177. The maximum Gasteiger partial charge on any atom is 0.0541 e. The van der Waals surface area contributed by atoms with Crippen LogP contribution in [0.3, 0.4) is 0 Å². The number of rotatable bonds is 4. The van der Waals surface area contributed by atoms with Crippen LogP contribution in [0.4, 0.5) is 0 Å². The Morgan fingerprint density at radius 3 is 1.63 bits per heavy atom. The summed E-state index contributed by atoms with van der Waals surface area (Å²) in [5, 5.41) is 6.50. The SMILES string of the molecule is C1=C(n2c3ccccc3c3cc(-c4ccc5c(c4)c4ccccc4n5-c4ccc(-c5ccccc5)cc4)ccc32)CCc2sc3ccccc3c21. The third-order valence-corrected chi connectivity index (χ3v) is 12.1. The molecule has 3 aromatic heterocycles. The van der Waals surface area contributed by atoms with E-state index in [1.165, 1.54) is 97.8 Å². The Bertz CT molecular complexity index is 3010. The van der Waals surface area contributed by atoms with E-state index >= 15 is 0 Å². The Labute approximate surface area is 299 Å². The van der Waals surface area contributed by atoms with Crippen molar-refractivity contribution in [3.05, 3.63) is 174 Å². The van der Waals surface area contributed by atoms with E-state index in [2.05, 4.69) is 179 Å². The second-order valence-electron chi connectivity index (χ2n) is 13.7. The number of hydrogen-bond acceptors (Lipinski definition) is 1. The zero-order valence-corrected chi connectivity index (χ0v) is 28.7. The summed E-state index contributed by atoms with van der Waals surface area (Å²) in [5.41, 5.74) is 13.8. The highest BCUT2D eigenvalue weighted by Crippen LogP contribution is 2.42. The number of fused-ring (bicyclic) bond motifs is 9. The fraction of sp³-hybridized carbons (Fsp3) is 0.0417. The minimum absolute atomic E-state index is 1.03. The molecule has 3 heterocycles. The molecule has 0 amide bonds. The molecular weight excluding hydrogens is 637 g/mol. The van der Waals surface area contributed by atoms with Crippen molar-refractivity contribution in [2.24, 2.45) is 0 Å². The molecule has 2 nitrogen and oxygen atoms in total. The summed E-state index contributed by atoms with van der Waals surface area (Å²) in [5.74, 6) is 0. The summed E-state index contributed by atoms with van der Waals surface area (Å²) >= 11 is 1.95. The van der Waals surface area contributed by atoms with Crippen LogP contribution in [0, 0.1) is 0 Å². The van der Waals surface area contributed by atoms with Crippen LogP contribution in [0.25, 0.3) is 93.4 Å². The molecule has 3 heteroatoms. The Morgan fingerprint density at radius 1 is 0.392 bits per heavy atom. The molecule has 1 aliphatic rings. The van der Waals surface area contributed by atoms with Crippen molar-refractivity contribution in [3.8, 4) is 27.9 Å². The van der Waals surface area contributed by atoms with E-state index in [0.29, 0.717) is 0 Å². The molecule has 0 unspecified atom stereocenters. The monoisotopic (exact) mass is 668 g/mol. The van der Waals surface area contributed by atoms with Gasteiger partial charge >= 0.3 is 0 Å².